The van der Waals surface area contributed by atoms with Crippen molar-refractivity contribution in [3.63, 3.8) is 0 Å². The maximum Gasteiger partial charge on any atom is -0.0149 e. The quantitative estimate of drug-likeness (QED) is 0.121. The maximum absolute atomic E-state index is 2.55. The monoisotopic (exact) mass is 550 g/mol. The number of hydrogen-bond acceptors (Lipinski definition) is 0. The highest BCUT2D eigenvalue weighted by Gasteiger charge is 2.14. The van der Waals surface area contributed by atoms with Gasteiger partial charge in [0.15, 0.2) is 0 Å². The summed E-state index contributed by atoms with van der Waals surface area (Å²) in [5, 5.41) is 0. The van der Waals surface area contributed by atoms with Crippen molar-refractivity contribution in [2.24, 2.45) is 0 Å². The van der Waals surface area contributed by atoms with Crippen LogP contribution in [0.4, 0.5) is 0 Å². The van der Waals surface area contributed by atoms with Gasteiger partial charge in [0.2, 0.25) is 0 Å². The highest BCUT2D eigenvalue weighted by atomic mass is 14.2. The lowest BCUT2D eigenvalue weighted by molar-refractivity contribution is 0.664. The fraction of sp³-hybridized carbons (Fsp3) is 0.286. The van der Waals surface area contributed by atoms with Crippen LogP contribution in [0.15, 0.2) is 121 Å². The topological polar surface area (TPSA) is 0 Å². The standard InChI is InChI=1S/C42H46/c1-3-5-7-11-22-39-32-42(38-25-17-24-37(30-38)34-20-15-10-16-21-34)40(23-12-8-6-4-2)31-41(39)36-28-26-35(27-29-36)33-18-13-9-14-19-33/h9-10,13-21,24-32H,3-8,11-12,22-23H2,1-2H3. The van der Waals surface area contributed by atoms with E-state index in [0.29, 0.717) is 0 Å². The molecule has 5 rings (SSSR count). The molecule has 0 heteroatoms. The molecule has 0 atom stereocenters. The number of unbranched alkanes of at least 4 members (excludes halogenated alkanes) is 6. The Kier molecular flexibility index (Phi) is 10.8. The molecule has 0 saturated heterocycles. The van der Waals surface area contributed by atoms with Gasteiger partial charge >= 0.3 is 0 Å². The van der Waals surface area contributed by atoms with Gasteiger partial charge in [-0.05, 0) is 87.4 Å². The Morgan fingerprint density at radius 3 is 1.31 bits per heavy atom. The molecule has 0 aliphatic carbocycles. The highest BCUT2D eigenvalue weighted by molar-refractivity contribution is 5.80. The summed E-state index contributed by atoms with van der Waals surface area (Å²) >= 11 is 0. The van der Waals surface area contributed by atoms with E-state index in [1.54, 1.807) is 0 Å². The van der Waals surface area contributed by atoms with Gasteiger partial charge in [-0.15, -0.1) is 0 Å². The van der Waals surface area contributed by atoms with Gasteiger partial charge in [-0.1, -0.05) is 168 Å². The van der Waals surface area contributed by atoms with Crippen LogP contribution in [0.1, 0.15) is 76.3 Å². The second-order valence-electron chi connectivity index (χ2n) is 11.7. The zero-order chi connectivity index (χ0) is 29.0. The molecule has 0 radical (unpaired) electrons. The SMILES string of the molecule is CCCCCCc1cc(-c2cccc(-c3ccccc3)c2)c(CCCCCC)cc1-c1ccc(-c2ccccc2)cc1. The van der Waals surface area contributed by atoms with Gasteiger partial charge in [0.1, 0.15) is 0 Å². The van der Waals surface area contributed by atoms with E-state index >= 15 is 0 Å². The summed E-state index contributed by atoms with van der Waals surface area (Å²) in [7, 11) is 0. The fourth-order valence-corrected chi connectivity index (χ4v) is 6.09. The summed E-state index contributed by atoms with van der Waals surface area (Å²) < 4.78 is 0. The van der Waals surface area contributed by atoms with Crippen molar-refractivity contribution in [3.8, 4) is 44.5 Å². The molecule has 0 unspecified atom stereocenters. The molecule has 0 bridgehead atoms. The van der Waals surface area contributed by atoms with Crippen LogP contribution in [0.25, 0.3) is 44.5 Å². The molecule has 0 saturated carbocycles. The zero-order valence-corrected chi connectivity index (χ0v) is 25.6. The van der Waals surface area contributed by atoms with E-state index in [1.807, 2.05) is 0 Å². The van der Waals surface area contributed by atoms with Crippen LogP contribution in [0.2, 0.25) is 0 Å². The number of rotatable bonds is 14. The molecule has 0 fully saturated rings. The third-order valence-corrected chi connectivity index (χ3v) is 8.51. The Labute approximate surface area is 254 Å². The maximum atomic E-state index is 2.55. The van der Waals surface area contributed by atoms with E-state index < -0.39 is 0 Å². The molecule has 0 N–H and O–H groups in total. The lowest BCUT2D eigenvalue weighted by Crippen LogP contribution is -1.99. The minimum absolute atomic E-state index is 1.12. The van der Waals surface area contributed by atoms with E-state index in [1.165, 1.54) is 107 Å². The van der Waals surface area contributed by atoms with Crippen LogP contribution in [0, 0.1) is 0 Å². The van der Waals surface area contributed by atoms with Gasteiger partial charge in [-0.3, -0.25) is 0 Å². The smallest absolute Gasteiger partial charge is 0.0149 e. The molecular weight excluding hydrogens is 504 g/mol. The van der Waals surface area contributed by atoms with Gasteiger partial charge < -0.3 is 0 Å². The third-order valence-electron chi connectivity index (χ3n) is 8.51. The van der Waals surface area contributed by atoms with E-state index in [9.17, 15) is 0 Å². The van der Waals surface area contributed by atoms with Crippen molar-refractivity contribution in [3.05, 3.63) is 132 Å². The molecule has 0 spiro atoms. The van der Waals surface area contributed by atoms with E-state index in [0.717, 1.165) is 12.8 Å². The van der Waals surface area contributed by atoms with Crippen LogP contribution in [-0.2, 0) is 12.8 Å². The normalized spacial score (nSPS) is 11.1. The lowest BCUT2D eigenvalue weighted by Gasteiger charge is -2.19. The van der Waals surface area contributed by atoms with Crippen molar-refractivity contribution in [1.29, 1.82) is 0 Å². The van der Waals surface area contributed by atoms with Gasteiger partial charge in [0, 0.05) is 0 Å². The molecule has 0 aliphatic heterocycles. The van der Waals surface area contributed by atoms with E-state index in [4.69, 9.17) is 0 Å². The Hall–Kier alpha value is -3.90. The van der Waals surface area contributed by atoms with Crippen molar-refractivity contribution in [1.82, 2.24) is 0 Å². The molecule has 42 heavy (non-hydrogen) atoms. The van der Waals surface area contributed by atoms with Crippen molar-refractivity contribution < 1.29 is 0 Å². The molecule has 0 aliphatic rings. The van der Waals surface area contributed by atoms with Crippen molar-refractivity contribution in [2.45, 2.75) is 78.1 Å². The molecular formula is C42H46. The second kappa shape index (κ2) is 15.4. The molecule has 0 nitrogen and oxygen atoms in total. The van der Waals surface area contributed by atoms with E-state index in [2.05, 4.69) is 135 Å². The Morgan fingerprint density at radius 2 is 0.762 bits per heavy atom. The molecule has 0 heterocycles. The van der Waals surface area contributed by atoms with Crippen molar-refractivity contribution in [2.75, 3.05) is 0 Å². The van der Waals surface area contributed by atoms with Gasteiger partial charge in [-0.25, -0.2) is 0 Å². The molecule has 5 aromatic rings. The van der Waals surface area contributed by atoms with Gasteiger partial charge in [0.25, 0.3) is 0 Å². The van der Waals surface area contributed by atoms with Crippen LogP contribution in [0.3, 0.4) is 0 Å². The number of aryl methyl sites for hydroxylation is 2. The Balaban J connectivity index is 1.57. The first-order valence-electron chi connectivity index (χ1n) is 16.2. The minimum atomic E-state index is 1.12. The van der Waals surface area contributed by atoms with Crippen LogP contribution in [0.5, 0.6) is 0 Å². The number of benzene rings is 5. The van der Waals surface area contributed by atoms with Crippen LogP contribution >= 0.6 is 0 Å². The van der Waals surface area contributed by atoms with Crippen LogP contribution in [-0.4, -0.2) is 0 Å². The molecule has 0 amide bonds. The minimum Gasteiger partial charge on any atom is -0.0654 e. The van der Waals surface area contributed by atoms with Gasteiger partial charge in [-0.2, -0.15) is 0 Å². The first-order chi connectivity index (χ1) is 20.8. The summed E-state index contributed by atoms with van der Waals surface area (Å²) in [5.74, 6) is 0. The average Bonchev–Trinajstić information content (AvgIpc) is 3.06. The largest absolute Gasteiger partial charge is 0.0654 e. The summed E-state index contributed by atoms with van der Waals surface area (Å²) in [6.07, 6.45) is 12.5. The van der Waals surface area contributed by atoms with Crippen molar-refractivity contribution >= 4 is 0 Å². The second-order valence-corrected chi connectivity index (χ2v) is 11.7. The summed E-state index contributed by atoms with van der Waals surface area (Å²) in [4.78, 5) is 0. The Morgan fingerprint density at radius 1 is 0.333 bits per heavy atom. The third kappa shape index (κ3) is 7.68. The predicted molar refractivity (Wildman–Crippen MR) is 184 cm³/mol. The first-order valence-corrected chi connectivity index (χ1v) is 16.2. The number of hydrogen-bond donors (Lipinski definition) is 0. The summed E-state index contributed by atoms with van der Waals surface area (Å²) in [6, 6.07) is 45.0. The van der Waals surface area contributed by atoms with Gasteiger partial charge in [0.05, 0.1) is 0 Å². The Bertz CT molecular complexity index is 1510. The fourth-order valence-electron chi connectivity index (χ4n) is 6.09. The van der Waals surface area contributed by atoms with Crippen LogP contribution < -0.4 is 0 Å². The molecule has 214 valence electrons. The zero-order valence-electron chi connectivity index (χ0n) is 25.6. The first kappa shape index (κ1) is 29.6. The predicted octanol–water partition coefficient (Wildman–Crippen LogP) is 12.6. The summed E-state index contributed by atoms with van der Waals surface area (Å²) in [6.45, 7) is 4.59. The molecule has 0 aromatic heterocycles. The summed E-state index contributed by atoms with van der Waals surface area (Å²) in [5.41, 5.74) is 13.6. The highest BCUT2D eigenvalue weighted by Crippen LogP contribution is 2.37. The molecule has 5 aromatic carbocycles. The lowest BCUT2D eigenvalue weighted by atomic mass is 9.86. The average molecular weight is 551 g/mol. The van der Waals surface area contributed by atoms with E-state index in [-0.39, 0.29) is 0 Å².